The van der Waals surface area contributed by atoms with Gasteiger partial charge >= 0.3 is 0 Å². The van der Waals surface area contributed by atoms with Gasteiger partial charge in [0.05, 0.1) is 6.61 Å². The Labute approximate surface area is 67.5 Å². The summed E-state index contributed by atoms with van der Waals surface area (Å²) in [4.78, 5) is 0. The van der Waals surface area contributed by atoms with E-state index in [2.05, 4.69) is 6.92 Å². The highest BCUT2D eigenvalue weighted by molar-refractivity contribution is 7.99. The minimum absolute atomic E-state index is 0.210. The van der Waals surface area contributed by atoms with Crippen LogP contribution in [-0.4, -0.2) is 31.3 Å². The van der Waals surface area contributed by atoms with Gasteiger partial charge in [-0.15, -0.1) is 0 Å². The topological polar surface area (TPSA) is 35.2 Å². The van der Waals surface area contributed by atoms with E-state index in [9.17, 15) is 0 Å². The van der Waals surface area contributed by atoms with Gasteiger partial charge in [-0.3, -0.25) is 0 Å². The van der Waals surface area contributed by atoms with Crippen molar-refractivity contribution in [3.8, 4) is 0 Å². The molecule has 0 saturated carbocycles. The zero-order chi connectivity index (χ0) is 7.82. The number of rotatable bonds is 6. The summed E-state index contributed by atoms with van der Waals surface area (Å²) < 4.78 is 4.90. The lowest BCUT2D eigenvalue weighted by Gasteiger charge is -2.08. The van der Waals surface area contributed by atoms with Gasteiger partial charge < -0.3 is 10.5 Å². The molecule has 0 radical (unpaired) electrons. The van der Waals surface area contributed by atoms with Crippen LogP contribution in [0, 0.1) is 0 Å². The van der Waals surface area contributed by atoms with Gasteiger partial charge in [-0.1, -0.05) is 6.92 Å². The zero-order valence-electron chi connectivity index (χ0n) is 6.80. The van der Waals surface area contributed by atoms with Crippen LogP contribution in [0.5, 0.6) is 0 Å². The summed E-state index contributed by atoms with van der Waals surface area (Å²) in [5.74, 6) is 2.22. The van der Waals surface area contributed by atoms with Gasteiger partial charge in [0.25, 0.3) is 0 Å². The summed E-state index contributed by atoms with van der Waals surface area (Å²) in [6, 6.07) is 0.210. The first-order valence-electron chi connectivity index (χ1n) is 3.63. The zero-order valence-corrected chi connectivity index (χ0v) is 7.62. The Bertz CT molecular complexity index is 70.6. The van der Waals surface area contributed by atoms with Crippen LogP contribution in [0.3, 0.4) is 0 Å². The van der Waals surface area contributed by atoms with Gasteiger partial charge in [0.15, 0.2) is 0 Å². The largest absolute Gasteiger partial charge is 0.383 e. The molecule has 2 nitrogen and oxygen atoms in total. The number of hydrogen-bond donors (Lipinski definition) is 1. The van der Waals surface area contributed by atoms with Crippen LogP contribution in [0.2, 0.25) is 0 Å². The lowest BCUT2D eigenvalue weighted by atomic mass is 10.4. The van der Waals surface area contributed by atoms with Gasteiger partial charge in [0.2, 0.25) is 0 Å². The number of thioether (sulfide) groups is 1. The third-order valence-corrected chi connectivity index (χ3v) is 2.42. The smallest absolute Gasteiger partial charge is 0.0621 e. The molecular formula is C7H17NOS. The predicted molar refractivity (Wildman–Crippen MR) is 47.5 cm³/mol. The lowest BCUT2D eigenvalue weighted by molar-refractivity contribution is 0.186. The van der Waals surface area contributed by atoms with E-state index in [1.54, 1.807) is 7.11 Å². The van der Waals surface area contributed by atoms with E-state index >= 15 is 0 Å². The van der Waals surface area contributed by atoms with E-state index in [0.717, 1.165) is 5.75 Å². The number of hydrogen-bond acceptors (Lipinski definition) is 3. The van der Waals surface area contributed by atoms with Crippen LogP contribution in [0.4, 0.5) is 0 Å². The first kappa shape index (κ1) is 10.3. The maximum Gasteiger partial charge on any atom is 0.0621 e. The van der Waals surface area contributed by atoms with Crippen molar-refractivity contribution in [2.45, 2.75) is 19.4 Å². The van der Waals surface area contributed by atoms with Gasteiger partial charge in [-0.25, -0.2) is 0 Å². The van der Waals surface area contributed by atoms with Crippen LogP contribution >= 0.6 is 11.8 Å². The minimum Gasteiger partial charge on any atom is -0.383 e. The molecule has 0 bridgehead atoms. The Hall–Kier alpha value is 0.270. The van der Waals surface area contributed by atoms with E-state index in [1.807, 2.05) is 11.8 Å². The molecule has 0 heterocycles. The second-order valence-corrected chi connectivity index (χ2v) is 3.44. The predicted octanol–water partition coefficient (Wildman–Crippen LogP) is 1.10. The van der Waals surface area contributed by atoms with E-state index in [-0.39, 0.29) is 6.04 Å². The quantitative estimate of drug-likeness (QED) is 0.596. The molecule has 0 aromatic carbocycles. The average Bonchev–Trinajstić information content (AvgIpc) is 1.89. The minimum atomic E-state index is 0.210. The fourth-order valence-electron chi connectivity index (χ4n) is 0.641. The van der Waals surface area contributed by atoms with Crippen LogP contribution in [-0.2, 0) is 4.74 Å². The third kappa shape index (κ3) is 6.39. The molecule has 0 amide bonds. The molecule has 3 heteroatoms. The highest BCUT2D eigenvalue weighted by atomic mass is 32.2. The number of methoxy groups -OCH3 is 1. The molecule has 0 spiro atoms. The van der Waals surface area contributed by atoms with Crippen molar-refractivity contribution in [1.82, 2.24) is 0 Å². The monoisotopic (exact) mass is 163 g/mol. The summed E-state index contributed by atoms with van der Waals surface area (Å²) in [5.41, 5.74) is 5.68. The summed E-state index contributed by atoms with van der Waals surface area (Å²) >= 11 is 1.90. The highest BCUT2D eigenvalue weighted by Gasteiger charge is 1.99. The van der Waals surface area contributed by atoms with Crippen molar-refractivity contribution < 1.29 is 4.74 Å². The SMILES string of the molecule is CCCSCC(N)COC. The molecule has 1 atom stereocenters. The van der Waals surface area contributed by atoms with E-state index in [1.165, 1.54) is 12.2 Å². The van der Waals surface area contributed by atoms with Crippen molar-refractivity contribution in [2.24, 2.45) is 5.73 Å². The first-order valence-corrected chi connectivity index (χ1v) is 4.79. The normalized spacial score (nSPS) is 13.5. The van der Waals surface area contributed by atoms with Crippen LogP contribution in [0.1, 0.15) is 13.3 Å². The lowest BCUT2D eigenvalue weighted by Crippen LogP contribution is -2.28. The first-order chi connectivity index (χ1) is 4.81. The van der Waals surface area contributed by atoms with Crippen molar-refractivity contribution in [3.05, 3.63) is 0 Å². The molecule has 0 aliphatic carbocycles. The van der Waals surface area contributed by atoms with Gasteiger partial charge in [0, 0.05) is 18.9 Å². The Morgan fingerprint density at radius 2 is 2.30 bits per heavy atom. The van der Waals surface area contributed by atoms with Crippen LogP contribution in [0.15, 0.2) is 0 Å². The highest BCUT2D eigenvalue weighted by Crippen LogP contribution is 2.02. The summed E-state index contributed by atoms with van der Waals surface area (Å²) in [5, 5.41) is 0. The van der Waals surface area contributed by atoms with E-state index in [0.29, 0.717) is 6.61 Å². The Kier molecular flexibility index (Phi) is 7.58. The molecule has 0 aliphatic rings. The molecule has 0 rings (SSSR count). The molecule has 2 N–H and O–H groups in total. The summed E-state index contributed by atoms with van der Waals surface area (Å²) in [7, 11) is 1.68. The molecule has 0 aliphatic heterocycles. The standard InChI is InChI=1S/C7H17NOS/c1-3-4-10-6-7(8)5-9-2/h7H,3-6,8H2,1-2H3. The fourth-order valence-corrected chi connectivity index (χ4v) is 1.50. The van der Waals surface area contributed by atoms with E-state index < -0.39 is 0 Å². The Morgan fingerprint density at radius 1 is 1.60 bits per heavy atom. The van der Waals surface area contributed by atoms with Crippen molar-refractivity contribution in [3.63, 3.8) is 0 Å². The molecule has 0 aromatic rings. The molecule has 10 heavy (non-hydrogen) atoms. The maximum atomic E-state index is 5.68. The maximum absolute atomic E-state index is 5.68. The summed E-state index contributed by atoms with van der Waals surface area (Å²) in [6.07, 6.45) is 1.23. The van der Waals surface area contributed by atoms with Crippen molar-refractivity contribution in [1.29, 1.82) is 0 Å². The second kappa shape index (κ2) is 7.38. The molecular weight excluding hydrogens is 146 g/mol. The van der Waals surface area contributed by atoms with Crippen molar-refractivity contribution >= 4 is 11.8 Å². The molecule has 0 saturated heterocycles. The van der Waals surface area contributed by atoms with E-state index in [4.69, 9.17) is 10.5 Å². The molecule has 0 fully saturated rings. The van der Waals surface area contributed by atoms with Crippen molar-refractivity contribution in [2.75, 3.05) is 25.2 Å². The average molecular weight is 163 g/mol. The van der Waals surface area contributed by atoms with Crippen LogP contribution < -0.4 is 5.73 Å². The molecule has 62 valence electrons. The Balaban J connectivity index is 2.97. The van der Waals surface area contributed by atoms with Gasteiger partial charge in [0.1, 0.15) is 0 Å². The molecule has 0 aromatic heterocycles. The van der Waals surface area contributed by atoms with Gasteiger partial charge in [-0.05, 0) is 12.2 Å². The second-order valence-electron chi connectivity index (χ2n) is 2.29. The van der Waals surface area contributed by atoms with Gasteiger partial charge in [-0.2, -0.15) is 11.8 Å². The fraction of sp³-hybridized carbons (Fsp3) is 1.00. The van der Waals surface area contributed by atoms with Crippen LogP contribution in [0.25, 0.3) is 0 Å². The third-order valence-electron chi connectivity index (χ3n) is 1.06. The molecule has 1 unspecified atom stereocenters. The Morgan fingerprint density at radius 3 is 2.80 bits per heavy atom. The number of nitrogens with two attached hydrogens (primary N) is 1. The summed E-state index contributed by atoms with van der Waals surface area (Å²) in [6.45, 7) is 2.85. The number of ether oxygens (including phenoxy) is 1.